The number of halogens is 3. The van der Waals surface area contributed by atoms with Gasteiger partial charge < -0.3 is 5.32 Å². The van der Waals surface area contributed by atoms with Gasteiger partial charge in [-0.05, 0) is 25.1 Å². The molecule has 0 heterocycles. The molecule has 15 heavy (non-hydrogen) atoms. The summed E-state index contributed by atoms with van der Waals surface area (Å²) in [4.78, 5) is 11.6. The molecule has 0 fully saturated rings. The van der Waals surface area contributed by atoms with Gasteiger partial charge in [0.15, 0.2) is 0 Å². The van der Waals surface area contributed by atoms with E-state index in [0.29, 0.717) is 22.2 Å². The number of hydrogen-bond acceptors (Lipinski definition) is 1. The third kappa shape index (κ3) is 3.90. The largest absolute Gasteiger partial charge is 0.351 e. The van der Waals surface area contributed by atoms with E-state index in [-0.39, 0.29) is 11.3 Å². The quantitative estimate of drug-likeness (QED) is 0.835. The number of rotatable bonds is 3. The maximum atomic E-state index is 11.6. The van der Waals surface area contributed by atoms with Crippen LogP contribution in [0, 0.1) is 0 Å². The summed E-state index contributed by atoms with van der Waals surface area (Å²) in [6.07, 6.45) is 0. The minimum atomic E-state index is -0.269. The molecular weight excluding hydrogens is 256 g/mol. The zero-order valence-electron chi connectivity index (χ0n) is 8.06. The minimum Gasteiger partial charge on any atom is -0.351 e. The van der Waals surface area contributed by atoms with Crippen LogP contribution in [-0.2, 0) is 0 Å². The van der Waals surface area contributed by atoms with Crippen molar-refractivity contribution in [2.24, 2.45) is 0 Å². The van der Waals surface area contributed by atoms with Crippen LogP contribution in [0.5, 0.6) is 0 Å². The van der Waals surface area contributed by atoms with Crippen LogP contribution in [-0.4, -0.2) is 17.8 Å². The van der Waals surface area contributed by atoms with Crippen molar-refractivity contribution in [3.8, 4) is 0 Å². The summed E-state index contributed by atoms with van der Waals surface area (Å²) < 4.78 is 0. The molecule has 5 heteroatoms. The molecule has 1 aromatic rings. The Kier molecular flexibility index (Phi) is 4.71. The average molecular weight is 267 g/mol. The Bertz CT molecular complexity index is 366. The Morgan fingerprint density at radius 1 is 1.47 bits per heavy atom. The van der Waals surface area contributed by atoms with E-state index in [9.17, 15) is 4.79 Å². The Hall–Kier alpha value is -0.440. The van der Waals surface area contributed by atoms with Crippen LogP contribution in [0.1, 0.15) is 17.3 Å². The first kappa shape index (κ1) is 12.6. The molecule has 1 amide bonds. The Morgan fingerprint density at radius 3 is 2.73 bits per heavy atom. The first-order valence-electron chi connectivity index (χ1n) is 4.38. The number of carbonyl (C=O) groups excluding carboxylic acids is 1. The predicted molar refractivity (Wildman–Crippen MR) is 64.1 cm³/mol. The highest BCUT2D eigenvalue weighted by Crippen LogP contribution is 2.20. The van der Waals surface area contributed by atoms with E-state index in [2.05, 4.69) is 5.32 Å². The second-order valence-corrected chi connectivity index (χ2v) is 4.70. The molecule has 1 N–H and O–H groups in total. The lowest BCUT2D eigenvalue weighted by atomic mass is 10.2. The fourth-order valence-electron chi connectivity index (χ4n) is 1.00. The van der Waals surface area contributed by atoms with Crippen LogP contribution in [0.4, 0.5) is 0 Å². The summed E-state index contributed by atoms with van der Waals surface area (Å²) in [6, 6.07) is 4.74. The average Bonchev–Trinajstić information content (AvgIpc) is 2.18. The highest BCUT2D eigenvalue weighted by atomic mass is 35.5. The number of carbonyl (C=O) groups is 1. The molecule has 0 bridgehead atoms. The summed E-state index contributed by atoms with van der Waals surface area (Å²) in [5.74, 6) is -0.269. The summed E-state index contributed by atoms with van der Waals surface area (Å²) >= 11 is 17.3. The lowest BCUT2D eigenvalue weighted by Gasteiger charge is -2.07. The lowest BCUT2D eigenvalue weighted by molar-refractivity contribution is 0.0954. The van der Waals surface area contributed by atoms with Gasteiger partial charge in [-0.25, -0.2) is 0 Å². The molecule has 82 valence electrons. The third-order valence-corrected chi connectivity index (χ3v) is 2.44. The van der Waals surface area contributed by atoms with Crippen LogP contribution in [0.25, 0.3) is 0 Å². The van der Waals surface area contributed by atoms with Gasteiger partial charge in [-0.3, -0.25) is 4.79 Å². The normalized spacial score (nSPS) is 12.3. The van der Waals surface area contributed by atoms with E-state index in [0.717, 1.165) is 0 Å². The van der Waals surface area contributed by atoms with Crippen molar-refractivity contribution in [1.82, 2.24) is 5.32 Å². The monoisotopic (exact) mass is 265 g/mol. The van der Waals surface area contributed by atoms with Gasteiger partial charge >= 0.3 is 0 Å². The molecule has 0 aliphatic rings. The number of alkyl halides is 1. The fraction of sp³-hybridized carbons (Fsp3) is 0.300. The van der Waals surface area contributed by atoms with E-state index in [1.807, 2.05) is 0 Å². The number of benzene rings is 1. The summed E-state index contributed by atoms with van der Waals surface area (Å²) in [5, 5.41) is 3.38. The summed E-state index contributed by atoms with van der Waals surface area (Å²) in [5.41, 5.74) is 0.362. The van der Waals surface area contributed by atoms with Crippen molar-refractivity contribution in [3.05, 3.63) is 33.8 Å². The number of nitrogens with one attached hydrogen (secondary N) is 1. The van der Waals surface area contributed by atoms with Gasteiger partial charge in [0.2, 0.25) is 0 Å². The molecule has 0 aliphatic heterocycles. The van der Waals surface area contributed by atoms with Crippen LogP contribution in [0.15, 0.2) is 18.2 Å². The molecule has 0 aliphatic carbocycles. The van der Waals surface area contributed by atoms with Crippen LogP contribution >= 0.6 is 34.8 Å². The molecule has 0 radical (unpaired) electrons. The van der Waals surface area contributed by atoms with Crippen molar-refractivity contribution < 1.29 is 4.79 Å². The Balaban J connectivity index is 2.77. The second kappa shape index (κ2) is 5.59. The van der Waals surface area contributed by atoms with Crippen molar-refractivity contribution in [2.75, 3.05) is 6.54 Å². The smallest absolute Gasteiger partial charge is 0.252 e. The number of amides is 1. The third-order valence-electron chi connectivity index (χ3n) is 1.72. The van der Waals surface area contributed by atoms with Gasteiger partial charge in [0.1, 0.15) is 0 Å². The van der Waals surface area contributed by atoms with Crippen molar-refractivity contribution in [3.63, 3.8) is 0 Å². The van der Waals surface area contributed by atoms with Gasteiger partial charge in [-0.15, -0.1) is 11.6 Å². The first-order valence-corrected chi connectivity index (χ1v) is 5.57. The van der Waals surface area contributed by atoms with E-state index < -0.39 is 0 Å². The van der Waals surface area contributed by atoms with E-state index >= 15 is 0 Å². The molecule has 0 saturated carbocycles. The Labute approximate surface area is 104 Å². The standard InChI is InChI=1S/C10H10Cl3NO/c1-6(11)5-14-10(15)8-4-7(12)2-3-9(8)13/h2-4,6H,5H2,1H3,(H,14,15). The van der Waals surface area contributed by atoms with Crippen LogP contribution in [0.2, 0.25) is 10.0 Å². The predicted octanol–water partition coefficient (Wildman–Crippen LogP) is 3.35. The van der Waals surface area contributed by atoms with Crippen molar-refractivity contribution >= 4 is 40.7 Å². The van der Waals surface area contributed by atoms with Crippen molar-refractivity contribution in [1.29, 1.82) is 0 Å². The van der Waals surface area contributed by atoms with E-state index in [1.54, 1.807) is 19.1 Å². The lowest BCUT2D eigenvalue weighted by Crippen LogP contribution is -2.28. The zero-order chi connectivity index (χ0) is 11.4. The summed E-state index contributed by atoms with van der Waals surface area (Å²) in [7, 11) is 0. The molecule has 0 aromatic heterocycles. The van der Waals surface area contributed by atoms with Gasteiger partial charge in [-0.2, -0.15) is 0 Å². The molecule has 0 saturated heterocycles. The molecule has 1 rings (SSSR count). The fourth-order valence-corrected chi connectivity index (χ4v) is 1.45. The number of hydrogen-bond donors (Lipinski definition) is 1. The molecule has 0 spiro atoms. The molecule has 1 aromatic carbocycles. The van der Waals surface area contributed by atoms with Crippen molar-refractivity contribution in [2.45, 2.75) is 12.3 Å². The van der Waals surface area contributed by atoms with Gasteiger partial charge in [0, 0.05) is 16.9 Å². The summed E-state index contributed by atoms with van der Waals surface area (Å²) in [6.45, 7) is 2.19. The maximum absolute atomic E-state index is 11.6. The van der Waals surface area contributed by atoms with E-state index in [1.165, 1.54) is 6.07 Å². The zero-order valence-corrected chi connectivity index (χ0v) is 10.3. The SMILES string of the molecule is CC(Cl)CNC(=O)c1cc(Cl)ccc1Cl. The molecule has 1 unspecified atom stereocenters. The van der Waals surface area contributed by atoms with Crippen LogP contribution in [0.3, 0.4) is 0 Å². The van der Waals surface area contributed by atoms with Gasteiger partial charge in [0.25, 0.3) is 5.91 Å². The minimum absolute atomic E-state index is 0.119. The maximum Gasteiger partial charge on any atom is 0.252 e. The molecule has 1 atom stereocenters. The Morgan fingerprint density at radius 2 is 2.13 bits per heavy atom. The first-order chi connectivity index (χ1) is 7.00. The second-order valence-electron chi connectivity index (χ2n) is 3.11. The highest BCUT2D eigenvalue weighted by Gasteiger charge is 2.11. The van der Waals surface area contributed by atoms with Crippen LogP contribution < -0.4 is 5.32 Å². The highest BCUT2D eigenvalue weighted by molar-refractivity contribution is 6.35. The van der Waals surface area contributed by atoms with Gasteiger partial charge in [0.05, 0.1) is 10.6 Å². The molecular formula is C10H10Cl3NO. The van der Waals surface area contributed by atoms with E-state index in [4.69, 9.17) is 34.8 Å². The van der Waals surface area contributed by atoms with Gasteiger partial charge in [-0.1, -0.05) is 23.2 Å². The topological polar surface area (TPSA) is 29.1 Å². The molecule has 2 nitrogen and oxygen atoms in total.